The highest BCUT2D eigenvalue weighted by Gasteiger charge is 2.29. The Kier molecular flexibility index (Phi) is 5.69. The number of carbonyl (C=O) groups is 1. The zero-order chi connectivity index (χ0) is 11.1. The van der Waals surface area contributed by atoms with Crippen LogP contribution in [0, 0.1) is 11.8 Å². The van der Waals surface area contributed by atoms with Gasteiger partial charge in [0.15, 0.2) is 0 Å². The number of hydrogen-bond acceptors (Lipinski definition) is 3. The van der Waals surface area contributed by atoms with Gasteiger partial charge in [-0.15, -0.1) is 0 Å². The molecule has 0 spiro atoms. The van der Waals surface area contributed by atoms with Gasteiger partial charge in [-0.25, -0.2) is 0 Å². The Hall–Kier alpha value is -0.570. The van der Waals surface area contributed by atoms with Crippen LogP contribution in [0.2, 0.25) is 0 Å². The third-order valence-corrected chi connectivity index (χ3v) is 3.14. The molecule has 1 atom stereocenters. The molecule has 1 aliphatic rings. The average molecular weight is 213 g/mol. The molecule has 0 aromatic heterocycles. The molecule has 1 fully saturated rings. The molecule has 3 heteroatoms. The molecule has 0 radical (unpaired) electrons. The van der Waals surface area contributed by atoms with Crippen molar-refractivity contribution in [3.63, 3.8) is 0 Å². The van der Waals surface area contributed by atoms with Crippen molar-refractivity contribution in [2.75, 3.05) is 19.7 Å². The van der Waals surface area contributed by atoms with E-state index in [1.807, 2.05) is 6.92 Å². The van der Waals surface area contributed by atoms with E-state index >= 15 is 0 Å². The van der Waals surface area contributed by atoms with Crippen LogP contribution in [-0.4, -0.2) is 25.7 Å². The van der Waals surface area contributed by atoms with Crippen molar-refractivity contribution in [1.29, 1.82) is 0 Å². The number of piperidine rings is 1. The van der Waals surface area contributed by atoms with E-state index in [0.717, 1.165) is 38.8 Å². The fourth-order valence-electron chi connectivity index (χ4n) is 2.35. The molecule has 1 unspecified atom stereocenters. The van der Waals surface area contributed by atoms with E-state index in [4.69, 9.17) is 4.74 Å². The maximum absolute atomic E-state index is 11.8. The first kappa shape index (κ1) is 12.5. The maximum atomic E-state index is 11.8. The van der Waals surface area contributed by atoms with Gasteiger partial charge >= 0.3 is 5.97 Å². The Labute approximate surface area is 92.6 Å². The Morgan fingerprint density at radius 1 is 1.40 bits per heavy atom. The summed E-state index contributed by atoms with van der Waals surface area (Å²) < 4.78 is 5.15. The third kappa shape index (κ3) is 3.82. The summed E-state index contributed by atoms with van der Waals surface area (Å²) in [5.74, 6) is 0.688. The Balaban J connectivity index is 2.50. The lowest BCUT2D eigenvalue weighted by Crippen LogP contribution is -2.35. The standard InChI is InChI=1S/C12H23NO2/c1-3-5-11(12(14)15-4-2)10-6-8-13-9-7-10/h10-11,13H,3-9H2,1-2H3. The lowest BCUT2D eigenvalue weighted by Gasteiger charge is -2.29. The summed E-state index contributed by atoms with van der Waals surface area (Å²) in [5, 5.41) is 3.33. The van der Waals surface area contributed by atoms with Gasteiger partial charge in [0.05, 0.1) is 12.5 Å². The van der Waals surface area contributed by atoms with E-state index in [0.29, 0.717) is 12.5 Å². The van der Waals surface area contributed by atoms with Crippen molar-refractivity contribution < 1.29 is 9.53 Å². The van der Waals surface area contributed by atoms with Crippen molar-refractivity contribution in [1.82, 2.24) is 5.32 Å². The van der Waals surface area contributed by atoms with Gasteiger partial charge in [-0.2, -0.15) is 0 Å². The van der Waals surface area contributed by atoms with Gasteiger partial charge in [0.1, 0.15) is 0 Å². The van der Waals surface area contributed by atoms with Crippen LogP contribution in [0.3, 0.4) is 0 Å². The van der Waals surface area contributed by atoms with Crippen LogP contribution in [-0.2, 0) is 9.53 Å². The summed E-state index contributed by atoms with van der Waals surface area (Å²) in [6.07, 6.45) is 4.27. The summed E-state index contributed by atoms with van der Waals surface area (Å²) in [5.41, 5.74) is 0. The molecule has 1 saturated heterocycles. The first-order chi connectivity index (χ1) is 7.29. The number of nitrogens with one attached hydrogen (secondary N) is 1. The van der Waals surface area contributed by atoms with Crippen LogP contribution in [0.5, 0.6) is 0 Å². The van der Waals surface area contributed by atoms with Gasteiger partial charge in [-0.05, 0) is 45.2 Å². The van der Waals surface area contributed by atoms with Crippen molar-refractivity contribution in [3.8, 4) is 0 Å². The van der Waals surface area contributed by atoms with Gasteiger partial charge in [-0.3, -0.25) is 4.79 Å². The highest BCUT2D eigenvalue weighted by molar-refractivity contribution is 5.72. The van der Waals surface area contributed by atoms with E-state index in [9.17, 15) is 4.79 Å². The molecule has 15 heavy (non-hydrogen) atoms. The van der Waals surface area contributed by atoms with E-state index in [2.05, 4.69) is 12.2 Å². The molecule has 0 aromatic rings. The predicted octanol–water partition coefficient (Wildman–Crippen LogP) is 1.97. The van der Waals surface area contributed by atoms with Gasteiger partial charge in [0, 0.05) is 0 Å². The number of hydrogen-bond donors (Lipinski definition) is 1. The summed E-state index contributed by atoms with van der Waals surface area (Å²) >= 11 is 0. The number of rotatable bonds is 5. The first-order valence-corrected chi connectivity index (χ1v) is 6.16. The quantitative estimate of drug-likeness (QED) is 0.710. The monoisotopic (exact) mass is 213 g/mol. The maximum Gasteiger partial charge on any atom is 0.309 e. The zero-order valence-corrected chi connectivity index (χ0v) is 9.92. The molecule has 0 aromatic carbocycles. The Bertz CT molecular complexity index is 188. The molecule has 0 bridgehead atoms. The predicted molar refractivity (Wildman–Crippen MR) is 60.6 cm³/mol. The van der Waals surface area contributed by atoms with E-state index in [-0.39, 0.29) is 11.9 Å². The minimum atomic E-state index is 0.0197. The number of esters is 1. The molecule has 0 aliphatic carbocycles. The lowest BCUT2D eigenvalue weighted by molar-refractivity contribution is -0.150. The van der Waals surface area contributed by atoms with Crippen LogP contribution < -0.4 is 5.32 Å². The molecule has 1 N–H and O–H groups in total. The number of ether oxygens (including phenoxy) is 1. The molecule has 1 heterocycles. The van der Waals surface area contributed by atoms with E-state index in [1.165, 1.54) is 0 Å². The minimum Gasteiger partial charge on any atom is -0.466 e. The second-order valence-electron chi connectivity index (χ2n) is 4.23. The second-order valence-corrected chi connectivity index (χ2v) is 4.23. The molecule has 88 valence electrons. The fraction of sp³-hybridized carbons (Fsp3) is 0.917. The highest BCUT2D eigenvalue weighted by atomic mass is 16.5. The molecular weight excluding hydrogens is 190 g/mol. The van der Waals surface area contributed by atoms with Crippen LogP contribution in [0.15, 0.2) is 0 Å². The molecule has 0 saturated carbocycles. The van der Waals surface area contributed by atoms with Crippen LogP contribution >= 0.6 is 0 Å². The normalized spacial score (nSPS) is 19.9. The Morgan fingerprint density at radius 2 is 2.07 bits per heavy atom. The number of carbonyl (C=O) groups excluding carboxylic acids is 1. The highest BCUT2D eigenvalue weighted by Crippen LogP contribution is 2.27. The Morgan fingerprint density at radius 3 is 2.60 bits per heavy atom. The summed E-state index contributed by atoms with van der Waals surface area (Å²) in [4.78, 5) is 11.8. The summed E-state index contributed by atoms with van der Waals surface area (Å²) in [7, 11) is 0. The topological polar surface area (TPSA) is 38.3 Å². The molecular formula is C12H23NO2. The molecule has 1 rings (SSSR count). The zero-order valence-electron chi connectivity index (χ0n) is 9.92. The largest absolute Gasteiger partial charge is 0.466 e. The van der Waals surface area contributed by atoms with Gasteiger partial charge in [-0.1, -0.05) is 13.3 Å². The van der Waals surface area contributed by atoms with E-state index in [1.54, 1.807) is 0 Å². The van der Waals surface area contributed by atoms with Crippen LogP contribution in [0.25, 0.3) is 0 Å². The van der Waals surface area contributed by atoms with Gasteiger partial charge in [0.2, 0.25) is 0 Å². The third-order valence-electron chi connectivity index (χ3n) is 3.14. The van der Waals surface area contributed by atoms with Crippen molar-refractivity contribution in [2.45, 2.75) is 39.5 Å². The summed E-state index contributed by atoms with van der Waals surface area (Å²) in [6.45, 7) is 6.61. The van der Waals surface area contributed by atoms with Crippen molar-refractivity contribution >= 4 is 5.97 Å². The summed E-state index contributed by atoms with van der Waals surface area (Å²) in [6, 6.07) is 0. The fourth-order valence-corrected chi connectivity index (χ4v) is 2.35. The smallest absolute Gasteiger partial charge is 0.309 e. The lowest BCUT2D eigenvalue weighted by atomic mass is 9.82. The van der Waals surface area contributed by atoms with Crippen molar-refractivity contribution in [3.05, 3.63) is 0 Å². The van der Waals surface area contributed by atoms with E-state index < -0.39 is 0 Å². The first-order valence-electron chi connectivity index (χ1n) is 6.16. The second kappa shape index (κ2) is 6.83. The van der Waals surface area contributed by atoms with Crippen LogP contribution in [0.1, 0.15) is 39.5 Å². The average Bonchev–Trinajstić information content (AvgIpc) is 2.27. The van der Waals surface area contributed by atoms with Gasteiger partial charge in [0.25, 0.3) is 0 Å². The molecule has 3 nitrogen and oxygen atoms in total. The minimum absolute atomic E-state index is 0.0197. The van der Waals surface area contributed by atoms with Gasteiger partial charge < -0.3 is 10.1 Å². The van der Waals surface area contributed by atoms with Crippen molar-refractivity contribution in [2.24, 2.45) is 11.8 Å². The van der Waals surface area contributed by atoms with Crippen LogP contribution in [0.4, 0.5) is 0 Å². The SMILES string of the molecule is CCCC(C(=O)OCC)C1CCNCC1. The molecule has 0 amide bonds. The molecule has 1 aliphatic heterocycles.